The van der Waals surface area contributed by atoms with Gasteiger partial charge in [0.05, 0.1) is 0 Å². The molecular weight excluding hydrogens is 183 g/mol. The van der Waals surface area contributed by atoms with E-state index in [1.165, 1.54) is 0 Å². The molecule has 56 valence electrons. The van der Waals surface area contributed by atoms with Gasteiger partial charge >= 0.3 is 17.4 Å². The van der Waals surface area contributed by atoms with Crippen LogP contribution in [0.15, 0.2) is 0 Å². The Bertz CT molecular complexity index is 156. The Hall–Kier alpha value is -0.328. The Balaban J connectivity index is -0.0000000910. The van der Waals surface area contributed by atoms with Crippen LogP contribution in [0.1, 0.15) is 0 Å². The van der Waals surface area contributed by atoms with Crippen LogP contribution >= 0.6 is 0 Å². The van der Waals surface area contributed by atoms with Gasteiger partial charge in [-0.05, 0) is 6.16 Å². The van der Waals surface area contributed by atoms with Gasteiger partial charge in [0, 0.05) is 10.4 Å². The molecule has 0 N–H and O–H groups in total. The van der Waals surface area contributed by atoms with Crippen molar-refractivity contribution in [2.75, 3.05) is 0 Å². The summed E-state index contributed by atoms with van der Waals surface area (Å²) < 4.78 is 34.1. The summed E-state index contributed by atoms with van der Waals surface area (Å²) in [4.78, 5) is 8.33. The summed E-state index contributed by atoms with van der Waals surface area (Å²) in [7, 11) is -5.17. The van der Waals surface area contributed by atoms with Crippen LogP contribution in [0.2, 0.25) is 0 Å². The Morgan fingerprint density at radius 3 is 1.10 bits per heavy atom. The average Bonchev–Trinajstić information content (AvgIpc) is 1.19. The van der Waals surface area contributed by atoms with Crippen molar-refractivity contribution in [3.05, 3.63) is 0 Å². The maximum Gasteiger partial charge on any atom is 3.00 e. The molecule has 0 aliphatic heterocycles. The van der Waals surface area contributed by atoms with Gasteiger partial charge in [-0.15, -0.1) is 0 Å². The third-order valence-electron chi connectivity index (χ3n) is 0. The molecule has 0 heterocycles. The van der Waals surface area contributed by atoms with Crippen LogP contribution in [-0.2, 0) is 10.4 Å². The fourth-order valence-electron chi connectivity index (χ4n) is 0. The number of carbonyl (C=O) groups excluding carboxylic acids is 1. The minimum Gasteiger partial charge on any atom is -0.759 e. The van der Waals surface area contributed by atoms with Crippen LogP contribution in [0, 0.1) is 0 Å². The molecule has 0 rings (SSSR count). The summed E-state index contributed by atoms with van der Waals surface area (Å²) in [5, 5.41) is 16.7. The summed E-state index contributed by atoms with van der Waals surface area (Å²) >= 11 is 0. The zero-order valence-electron chi connectivity index (χ0n) is 4.34. The Kier molecular flexibility index (Phi) is 11.1. The summed E-state index contributed by atoms with van der Waals surface area (Å²) in [6, 6.07) is 0. The molecule has 0 bridgehead atoms. The number of carbonyl (C=O) groups is 1. The smallest absolute Gasteiger partial charge is 0.759 e. The molecule has 0 spiro atoms. The first kappa shape index (κ1) is 16.3. The fraction of sp³-hybridized carbons (Fsp3) is 0. The third kappa shape index (κ3) is 3180. The molecule has 0 atom stereocenters. The van der Waals surface area contributed by atoms with Gasteiger partial charge < -0.3 is 24.1 Å². The van der Waals surface area contributed by atoms with Crippen molar-refractivity contribution in [1.29, 1.82) is 0 Å². The van der Waals surface area contributed by atoms with E-state index in [4.69, 9.17) is 32.5 Å². The first-order chi connectivity index (χ1) is 3.73. The van der Waals surface area contributed by atoms with E-state index in [9.17, 15) is 0 Å². The van der Waals surface area contributed by atoms with Gasteiger partial charge in [-0.2, -0.15) is 0 Å². The number of hydrogen-bond donors (Lipinski definition) is 0. The second-order valence-corrected chi connectivity index (χ2v) is 1.47. The van der Waals surface area contributed by atoms with Crippen molar-refractivity contribution in [2.24, 2.45) is 0 Å². The van der Waals surface area contributed by atoms with E-state index in [-0.39, 0.29) is 17.4 Å². The maximum atomic E-state index is 8.52. The average molecular weight is 183 g/mol. The summed E-state index contributed by atoms with van der Waals surface area (Å²) in [6.45, 7) is 0. The van der Waals surface area contributed by atoms with Crippen molar-refractivity contribution < 1.29 is 32.5 Å². The van der Waals surface area contributed by atoms with Gasteiger partial charge in [-0.25, -0.2) is 0 Å². The third-order valence-corrected chi connectivity index (χ3v) is 0. The zero-order chi connectivity index (χ0) is 8.08. The van der Waals surface area contributed by atoms with Crippen LogP contribution in [0.5, 0.6) is 0 Å². The first-order valence-electron chi connectivity index (χ1n) is 1.28. The molecule has 0 amide bonds. The van der Waals surface area contributed by atoms with Gasteiger partial charge in [-0.3, -0.25) is 8.42 Å². The van der Waals surface area contributed by atoms with Crippen LogP contribution in [-0.4, -0.2) is 41.0 Å². The molecule has 0 saturated carbocycles. The van der Waals surface area contributed by atoms with E-state index < -0.39 is 16.6 Å². The normalized spacial score (nSPS) is 8.20. The largest absolute Gasteiger partial charge is 3.00 e. The molecule has 0 saturated heterocycles. The van der Waals surface area contributed by atoms with E-state index in [0.29, 0.717) is 0 Å². The SMILES string of the molecule is O=C([O-])[O-].O=S(=O)([O-])[O-].[Al+3]. The summed E-state index contributed by atoms with van der Waals surface area (Å²) in [5.41, 5.74) is 0. The second kappa shape index (κ2) is 6.79. The van der Waals surface area contributed by atoms with Gasteiger partial charge in [0.1, 0.15) is 0 Å². The van der Waals surface area contributed by atoms with E-state index in [0.717, 1.165) is 0 Å². The first-order valence-corrected chi connectivity index (χ1v) is 2.61. The summed E-state index contributed by atoms with van der Waals surface area (Å²) in [5.74, 6) is 0. The van der Waals surface area contributed by atoms with Gasteiger partial charge in [-0.1, -0.05) is 0 Å². The van der Waals surface area contributed by atoms with E-state index in [1.54, 1.807) is 0 Å². The minimum atomic E-state index is -5.17. The van der Waals surface area contributed by atoms with Crippen LogP contribution in [0.4, 0.5) is 4.79 Å². The number of hydrogen-bond acceptors (Lipinski definition) is 7. The van der Waals surface area contributed by atoms with Gasteiger partial charge in [0.25, 0.3) is 0 Å². The van der Waals surface area contributed by atoms with Crippen LogP contribution < -0.4 is 10.2 Å². The molecule has 10 heavy (non-hydrogen) atoms. The number of carboxylic acid groups (broad SMARTS) is 2. The van der Waals surface area contributed by atoms with E-state index >= 15 is 0 Å². The molecule has 0 aliphatic carbocycles. The predicted octanol–water partition coefficient (Wildman–Crippen LogP) is -4.17. The van der Waals surface area contributed by atoms with Crippen LogP contribution in [0.25, 0.3) is 0 Å². The van der Waals surface area contributed by atoms with Crippen molar-refractivity contribution in [3.8, 4) is 0 Å². The zero-order valence-corrected chi connectivity index (χ0v) is 6.31. The predicted molar refractivity (Wildman–Crippen MR) is 21.6 cm³/mol. The molecule has 0 aromatic heterocycles. The molecule has 9 heteroatoms. The van der Waals surface area contributed by atoms with Gasteiger partial charge in [0.15, 0.2) is 0 Å². The Morgan fingerprint density at radius 1 is 1.10 bits per heavy atom. The molecule has 0 unspecified atom stereocenters. The standard InChI is InChI=1S/CH2O3.Al.H2O4S/c2-1(3)4;;1-5(2,3)4/h(H2,2,3,4);;(H2,1,2,3,4)/q;+3;/p-4. The molecule has 7 nitrogen and oxygen atoms in total. The minimum absolute atomic E-state index is 0. The Morgan fingerprint density at radius 2 is 1.10 bits per heavy atom. The van der Waals surface area contributed by atoms with Crippen molar-refractivity contribution in [3.63, 3.8) is 0 Å². The number of rotatable bonds is 0. The second-order valence-electron chi connectivity index (χ2n) is 0.658. The Labute approximate surface area is 67.0 Å². The van der Waals surface area contributed by atoms with Crippen LogP contribution in [0.3, 0.4) is 0 Å². The quantitative estimate of drug-likeness (QED) is 0.210. The van der Waals surface area contributed by atoms with Crippen molar-refractivity contribution >= 4 is 33.9 Å². The molecule has 0 aromatic carbocycles. The molecule has 0 aliphatic rings. The molecular formula is CAlO7S-. The summed E-state index contributed by atoms with van der Waals surface area (Å²) in [6.07, 6.45) is -2.33. The van der Waals surface area contributed by atoms with Crippen molar-refractivity contribution in [1.82, 2.24) is 0 Å². The molecule has 0 radical (unpaired) electrons. The van der Waals surface area contributed by atoms with E-state index in [2.05, 4.69) is 0 Å². The fourth-order valence-corrected chi connectivity index (χ4v) is 0. The molecule has 0 fully saturated rings. The van der Waals surface area contributed by atoms with Crippen molar-refractivity contribution in [2.45, 2.75) is 0 Å². The maximum absolute atomic E-state index is 8.52. The monoisotopic (exact) mass is 183 g/mol. The topological polar surface area (TPSA) is 143 Å². The van der Waals surface area contributed by atoms with Gasteiger partial charge in [0.2, 0.25) is 0 Å². The van der Waals surface area contributed by atoms with E-state index in [1.807, 2.05) is 0 Å². The molecule has 0 aromatic rings.